The summed E-state index contributed by atoms with van der Waals surface area (Å²) in [5.74, 6) is 0.234. The smallest absolute Gasteiger partial charge is 0.410 e. The maximum absolute atomic E-state index is 12.3. The zero-order valence-electron chi connectivity index (χ0n) is 12.4. The van der Waals surface area contributed by atoms with Gasteiger partial charge in [0.25, 0.3) is 0 Å². The van der Waals surface area contributed by atoms with Crippen molar-refractivity contribution in [3.63, 3.8) is 0 Å². The molecule has 1 heterocycles. The van der Waals surface area contributed by atoms with E-state index < -0.39 is 5.60 Å². The number of carbonyl (C=O) groups excluding carboxylic acids is 1. The van der Waals surface area contributed by atoms with Gasteiger partial charge in [0.2, 0.25) is 0 Å². The van der Waals surface area contributed by atoms with Gasteiger partial charge in [0.1, 0.15) is 11.4 Å². The number of nitrogens with zero attached hydrogens (tertiary/aromatic N) is 1. The quantitative estimate of drug-likeness (QED) is 0.848. The van der Waals surface area contributed by atoms with Gasteiger partial charge >= 0.3 is 6.09 Å². The van der Waals surface area contributed by atoms with E-state index in [4.69, 9.17) is 4.74 Å². The molecular weight excluding hydrogens is 254 g/mol. The van der Waals surface area contributed by atoms with Crippen LogP contribution in [0.1, 0.15) is 51.6 Å². The molecule has 0 unspecified atom stereocenters. The average molecular weight is 277 g/mol. The second kappa shape index (κ2) is 5.73. The Bertz CT molecular complexity index is 479. The van der Waals surface area contributed by atoms with Crippen LogP contribution in [-0.4, -0.2) is 28.2 Å². The molecule has 0 aromatic heterocycles. The fourth-order valence-corrected chi connectivity index (χ4v) is 2.55. The van der Waals surface area contributed by atoms with Crippen molar-refractivity contribution in [1.29, 1.82) is 0 Å². The largest absolute Gasteiger partial charge is 0.508 e. The Morgan fingerprint density at radius 3 is 2.75 bits per heavy atom. The van der Waals surface area contributed by atoms with E-state index in [1.807, 2.05) is 32.9 Å². The molecule has 1 aromatic rings. The maximum Gasteiger partial charge on any atom is 0.410 e. The molecule has 1 amide bonds. The number of hydrogen-bond acceptors (Lipinski definition) is 3. The molecule has 1 N–H and O–H groups in total. The van der Waals surface area contributed by atoms with E-state index in [1.165, 1.54) is 0 Å². The van der Waals surface area contributed by atoms with Crippen molar-refractivity contribution in [3.8, 4) is 5.75 Å². The lowest BCUT2D eigenvalue weighted by Crippen LogP contribution is -2.41. The van der Waals surface area contributed by atoms with Gasteiger partial charge < -0.3 is 14.7 Å². The summed E-state index contributed by atoms with van der Waals surface area (Å²) in [5, 5.41) is 9.62. The van der Waals surface area contributed by atoms with Crippen molar-refractivity contribution >= 4 is 6.09 Å². The fraction of sp³-hybridized carbons (Fsp3) is 0.562. The first-order chi connectivity index (χ1) is 9.37. The highest BCUT2D eigenvalue weighted by Gasteiger charge is 2.31. The number of benzene rings is 1. The first-order valence-corrected chi connectivity index (χ1v) is 7.15. The molecule has 0 saturated carbocycles. The average Bonchev–Trinajstić information content (AvgIpc) is 2.37. The zero-order valence-corrected chi connectivity index (χ0v) is 12.4. The summed E-state index contributed by atoms with van der Waals surface area (Å²) in [6.07, 6.45) is 2.71. The van der Waals surface area contributed by atoms with E-state index in [0.717, 1.165) is 24.8 Å². The lowest BCUT2D eigenvalue weighted by atomic mass is 9.95. The summed E-state index contributed by atoms with van der Waals surface area (Å²) in [5.41, 5.74) is 0.480. The van der Waals surface area contributed by atoms with Crippen LogP contribution in [0, 0.1) is 0 Å². The van der Waals surface area contributed by atoms with Crippen molar-refractivity contribution in [2.24, 2.45) is 0 Å². The molecule has 1 aliphatic rings. The number of phenols is 1. The van der Waals surface area contributed by atoms with Gasteiger partial charge in [0.05, 0.1) is 6.04 Å². The van der Waals surface area contributed by atoms with Gasteiger partial charge in [-0.15, -0.1) is 0 Å². The third kappa shape index (κ3) is 3.65. The summed E-state index contributed by atoms with van der Waals surface area (Å²) < 4.78 is 5.48. The number of ether oxygens (including phenoxy) is 1. The molecule has 4 heteroatoms. The number of likely N-dealkylation sites (tertiary alicyclic amines) is 1. The first-order valence-electron chi connectivity index (χ1n) is 7.15. The molecule has 0 bridgehead atoms. The van der Waals surface area contributed by atoms with E-state index in [2.05, 4.69) is 0 Å². The second-order valence-corrected chi connectivity index (χ2v) is 6.28. The molecule has 1 saturated heterocycles. The van der Waals surface area contributed by atoms with Crippen LogP contribution in [0.15, 0.2) is 24.3 Å². The van der Waals surface area contributed by atoms with Crippen LogP contribution >= 0.6 is 0 Å². The number of piperidine rings is 1. The normalized spacial score (nSPS) is 19.8. The Hall–Kier alpha value is -1.71. The van der Waals surface area contributed by atoms with E-state index in [1.54, 1.807) is 17.0 Å². The monoisotopic (exact) mass is 277 g/mol. The Morgan fingerprint density at radius 2 is 2.10 bits per heavy atom. The van der Waals surface area contributed by atoms with Crippen molar-refractivity contribution in [1.82, 2.24) is 4.90 Å². The van der Waals surface area contributed by atoms with E-state index >= 15 is 0 Å². The molecule has 20 heavy (non-hydrogen) atoms. The summed E-state index contributed by atoms with van der Waals surface area (Å²) in [7, 11) is 0. The van der Waals surface area contributed by atoms with Crippen molar-refractivity contribution in [2.45, 2.75) is 51.7 Å². The van der Waals surface area contributed by atoms with Crippen molar-refractivity contribution in [3.05, 3.63) is 29.8 Å². The highest BCUT2D eigenvalue weighted by Crippen LogP contribution is 2.33. The Kier molecular flexibility index (Phi) is 4.21. The minimum Gasteiger partial charge on any atom is -0.508 e. The zero-order chi connectivity index (χ0) is 14.8. The van der Waals surface area contributed by atoms with E-state index in [-0.39, 0.29) is 17.9 Å². The standard InChI is InChI=1S/C16H23NO3/c1-16(2,3)20-15(19)17-10-5-4-9-14(17)12-7-6-8-13(18)11-12/h6-8,11,14,18H,4-5,9-10H2,1-3H3/t14-/m0/s1. The topological polar surface area (TPSA) is 49.8 Å². The highest BCUT2D eigenvalue weighted by molar-refractivity contribution is 5.69. The number of amides is 1. The lowest BCUT2D eigenvalue weighted by molar-refractivity contribution is 0.00948. The molecule has 1 fully saturated rings. The molecule has 2 rings (SSSR count). The van der Waals surface area contributed by atoms with Crippen molar-refractivity contribution in [2.75, 3.05) is 6.54 Å². The maximum atomic E-state index is 12.3. The minimum atomic E-state index is -0.488. The Balaban J connectivity index is 2.19. The van der Waals surface area contributed by atoms with Crippen LogP contribution in [0.25, 0.3) is 0 Å². The van der Waals surface area contributed by atoms with Gasteiger partial charge in [-0.25, -0.2) is 4.79 Å². The van der Waals surface area contributed by atoms with Gasteiger partial charge in [-0.05, 0) is 57.7 Å². The van der Waals surface area contributed by atoms with Crippen LogP contribution in [0.2, 0.25) is 0 Å². The first kappa shape index (κ1) is 14.7. The number of rotatable bonds is 1. The number of aromatic hydroxyl groups is 1. The molecular formula is C16H23NO3. The molecule has 4 nitrogen and oxygen atoms in total. The van der Waals surface area contributed by atoms with Crippen LogP contribution in [0.3, 0.4) is 0 Å². The van der Waals surface area contributed by atoms with Gasteiger partial charge in [0, 0.05) is 6.54 Å². The Morgan fingerprint density at radius 1 is 1.35 bits per heavy atom. The van der Waals surface area contributed by atoms with Gasteiger partial charge in [-0.3, -0.25) is 0 Å². The van der Waals surface area contributed by atoms with Crippen LogP contribution in [-0.2, 0) is 4.74 Å². The van der Waals surface area contributed by atoms with Crippen LogP contribution in [0.5, 0.6) is 5.75 Å². The van der Waals surface area contributed by atoms with Crippen molar-refractivity contribution < 1.29 is 14.6 Å². The summed E-state index contributed by atoms with van der Waals surface area (Å²) >= 11 is 0. The van der Waals surface area contributed by atoms with Crippen LogP contribution < -0.4 is 0 Å². The molecule has 110 valence electrons. The molecule has 1 atom stereocenters. The van der Waals surface area contributed by atoms with Crippen LogP contribution in [0.4, 0.5) is 4.79 Å². The summed E-state index contributed by atoms with van der Waals surface area (Å²) in [4.78, 5) is 14.1. The summed E-state index contributed by atoms with van der Waals surface area (Å²) in [6.45, 7) is 6.32. The minimum absolute atomic E-state index is 0.00861. The van der Waals surface area contributed by atoms with E-state index in [0.29, 0.717) is 6.54 Å². The SMILES string of the molecule is CC(C)(C)OC(=O)N1CCCC[C@H]1c1cccc(O)c1. The number of phenolic OH excluding ortho intramolecular Hbond substituents is 1. The number of hydrogen-bond donors (Lipinski definition) is 1. The molecule has 0 aliphatic carbocycles. The molecule has 1 aromatic carbocycles. The number of carbonyl (C=O) groups is 1. The molecule has 0 radical (unpaired) electrons. The fourth-order valence-electron chi connectivity index (χ4n) is 2.55. The third-order valence-electron chi connectivity index (χ3n) is 3.39. The van der Waals surface area contributed by atoms with Gasteiger partial charge in [-0.1, -0.05) is 12.1 Å². The third-order valence-corrected chi connectivity index (χ3v) is 3.39. The molecule has 0 spiro atoms. The van der Waals surface area contributed by atoms with Gasteiger partial charge in [0.15, 0.2) is 0 Å². The van der Waals surface area contributed by atoms with Gasteiger partial charge in [-0.2, -0.15) is 0 Å². The molecule has 1 aliphatic heterocycles. The predicted octanol–water partition coefficient (Wildman–Crippen LogP) is 3.85. The lowest BCUT2D eigenvalue weighted by Gasteiger charge is -2.37. The predicted molar refractivity (Wildman–Crippen MR) is 77.6 cm³/mol. The second-order valence-electron chi connectivity index (χ2n) is 6.28. The van der Waals surface area contributed by atoms with E-state index in [9.17, 15) is 9.90 Å². The summed E-state index contributed by atoms with van der Waals surface area (Å²) in [6, 6.07) is 7.13. The Labute approximate surface area is 120 Å². The highest BCUT2D eigenvalue weighted by atomic mass is 16.6.